The highest BCUT2D eigenvalue weighted by molar-refractivity contribution is 5.79. The second-order valence-corrected chi connectivity index (χ2v) is 6.20. The lowest BCUT2D eigenvalue weighted by molar-refractivity contribution is -0.133. The van der Waals surface area contributed by atoms with E-state index in [0.29, 0.717) is 6.54 Å². The lowest BCUT2D eigenvalue weighted by atomic mass is 10.0. The van der Waals surface area contributed by atoms with Crippen LogP contribution in [0.2, 0.25) is 0 Å². The number of likely N-dealkylation sites (tertiary alicyclic amines) is 1. The van der Waals surface area contributed by atoms with E-state index in [1.807, 2.05) is 0 Å². The number of benzene rings is 1. The standard InChI is InChI=1S/C18H29N3O/c1-5-20(6-2)14-18(22)21-12-8-11-17(21)15-9-7-10-16(13-15)19(3)4/h7,9-10,13,17H,5-6,8,11-12,14H2,1-4H3/t17-/m1/s1. The van der Waals surface area contributed by atoms with Crippen molar-refractivity contribution < 1.29 is 4.79 Å². The highest BCUT2D eigenvalue weighted by atomic mass is 16.2. The van der Waals surface area contributed by atoms with Crippen LogP contribution in [0.1, 0.15) is 38.3 Å². The first-order valence-electron chi connectivity index (χ1n) is 8.35. The Morgan fingerprint density at radius 3 is 2.64 bits per heavy atom. The van der Waals surface area contributed by atoms with Gasteiger partial charge in [0.15, 0.2) is 0 Å². The minimum Gasteiger partial charge on any atom is -0.378 e. The van der Waals surface area contributed by atoms with E-state index in [2.05, 4.69) is 66.9 Å². The topological polar surface area (TPSA) is 26.8 Å². The van der Waals surface area contributed by atoms with Crippen molar-refractivity contribution in [1.29, 1.82) is 0 Å². The molecular weight excluding hydrogens is 274 g/mol. The fourth-order valence-corrected chi connectivity index (χ4v) is 3.15. The van der Waals surface area contributed by atoms with Crippen LogP contribution in [0.25, 0.3) is 0 Å². The molecule has 1 aromatic rings. The van der Waals surface area contributed by atoms with Crippen molar-refractivity contribution in [1.82, 2.24) is 9.80 Å². The minimum atomic E-state index is 0.239. The fraction of sp³-hybridized carbons (Fsp3) is 0.611. The van der Waals surface area contributed by atoms with E-state index in [9.17, 15) is 4.79 Å². The Morgan fingerprint density at radius 1 is 1.27 bits per heavy atom. The second-order valence-electron chi connectivity index (χ2n) is 6.20. The van der Waals surface area contributed by atoms with Crippen molar-refractivity contribution in [2.24, 2.45) is 0 Å². The smallest absolute Gasteiger partial charge is 0.237 e. The van der Waals surface area contributed by atoms with Crippen molar-refractivity contribution in [2.45, 2.75) is 32.7 Å². The zero-order valence-corrected chi connectivity index (χ0v) is 14.4. The predicted molar refractivity (Wildman–Crippen MR) is 92.2 cm³/mol. The highest BCUT2D eigenvalue weighted by Crippen LogP contribution is 2.33. The number of carbonyl (C=O) groups is 1. The first-order valence-corrected chi connectivity index (χ1v) is 8.35. The average Bonchev–Trinajstić information content (AvgIpc) is 3.02. The Labute approximate surface area is 134 Å². The molecule has 22 heavy (non-hydrogen) atoms. The van der Waals surface area contributed by atoms with Crippen LogP contribution in [0.15, 0.2) is 24.3 Å². The summed E-state index contributed by atoms with van der Waals surface area (Å²) in [4.78, 5) is 19.0. The molecule has 1 aromatic carbocycles. The normalized spacial score (nSPS) is 18.0. The third-order valence-corrected chi connectivity index (χ3v) is 4.60. The van der Waals surface area contributed by atoms with E-state index < -0.39 is 0 Å². The second kappa shape index (κ2) is 7.63. The van der Waals surface area contributed by atoms with Crippen molar-refractivity contribution in [3.63, 3.8) is 0 Å². The minimum absolute atomic E-state index is 0.239. The van der Waals surface area contributed by atoms with Crippen molar-refractivity contribution in [2.75, 3.05) is 45.2 Å². The lowest BCUT2D eigenvalue weighted by Crippen LogP contribution is -2.40. The molecule has 0 unspecified atom stereocenters. The molecule has 122 valence electrons. The zero-order chi connectivity index (χ0) is 16.1. The summed E-state index contributed by atoms with van der Waals surface area (Å²) in [6, 6.07) is 8.81. The molecule has 0 spiro atoms. The molecule has 0 aliphatic carbocycles. The molecule has 1 atom stereocenters. The third-order valence-electron chi connectivity index (χ3n) is 4.60. The molecule has 1 saturated heterocycles. The molecule has 0 radical (unpaired) electrons. The molecule has 1 amide bonds. The maximum Gasteiger partial charge on any atom is 0.237 e. The Kier molecular flexibility index (Phi) is 5.83. The summed E-state index contributed by atoms with van der Waals surface area (Å²) in [6.45, 7) is 7.50. The molecule has 0 aromatic heterocycles. The molecule has 1 heterocycles. The van der Waals surface area contributed by atoms with Crippen LogP contribution in [-0.4, -0.2) is 56.0 Å². The van der Waals surface area contributed by atoms with Gasteiger partial charge in [0.1, 0.15) is 0 Å². The van der Waals surface area contributed by atoms with Gasteiger partial charge in [-0.1, -0.05) is 26.0 Å². The van der Waals surface area contributed by atoms with Gasteiger partial charge in [0.25, 0.3) is 0 Å². The number of rotatable bonds is 6. The van der Waals surface area contributed by atoms with Gasteiger partial charge < -0.3 is 9.80 Å². The Bertz CT molecular complexity index is 497. The van der Waals surface area contributed by atoms with Gasteiger partial charge in [-0.05, 0) is 43.6 Å². The number of hydrogen-bond donors (Lipinski definition) is 0. The van der Waals surface area contributed by atoms with Gasteiger partial charge in [-0.2, -0.15) is 0 Å². The number of nitrogens with zero attached hydrogens (tertiary/aromatic N) is 3. The van der Waals surface area contributed by atoms with E-state index in [-0.39, 0.29) is 11.9 Å². The van der Waals surface area contributed by atoms with E-state index in [4.69, 9.17) is 0 Å². The Morgan fingerprint density at radius 2 is 2.00 bits per heavy atom. The summed E-state index contributed by atoms with van der Waals surface area (Å²) in [5.74, 6) is 0.265. The summed E-state index contributed by atoms with van der Waals surface area (Å²) >= 11 is 0. The number of amides is 1. The van der Waals surface area contributed by atoms with Crippen molar-refractivity contribution in [3.05, 3.63) is 29.8 Å². The van der Waals surface area contributed by atoms with Crippen LogP contribution in [-0.2, 0) is 4.79 Å². The number of carbonyl (C=O) groups excluding carboxylic acids is 1. The van der Waals surface area contributed by atoms with Gasteiger partial charge >= 0.3 is 0 Å². The van der Waals surface area contributed by atoms with Gasteiger partial charge in [-0.25, -0.2) is 0 Å². The molecule has 4 heteroatoms. The summed E-state index contributed by atoms with van der Waals surface area (Å²) < 4.78 is 0. The lowest BCUT2D eigenvalue weighted by Gasteiger charge is -2.28. The van der Waals surface area contributed by atoms with E-state index >= 15 is 0 Å². The molecule has 1 fully saturated rings. The molecule has 1 aliphatic heterocycles. The van der Waals surface area contributed by atoms with Crippen LogP contribution >= 0.6 is 0 Å². The number of anilines is 1. The van der Waals surface area contributed by atoms with E-state index in [1.54, 1.807) is 0 Å². The highest BCUT2D eigenvalue weighted by Gasteiger charge is 2.30. The quantitative estimate of drug-likeness (QED) is 0.808. The zero-order valence-electron chi connectivity index (χ0n) is 14.4. The Balaban J connectivity index is 2.13. The molecule has 1 aliphatic rings. The molecule has 2 rings (SSSR count). The maximum atomic E-state index is 12.6. The van der Waals surface area contributed by atoms with Gasteiger partial charge in [0, 0.05) is 26.3 Å². The summed E-state index contributed by atoms with van der Waals surface area (Å²) in [5.41, 5.74) is 2.46. The fourth-order valence-electron chi connectivity index (χ4n) is 3.15. The average molecular weight is 303 g/mol. The molecule has 0 bridgehead atoms. The largest absolute Gasteiger partial charge is 0.378 e. The van der Waals surface area contributed by atoms with Gasteiger partial charge in [0.05, 0.1) is 12.6 Å². The molecule has 4 nitrogen and oxygen atoms in total. The van der Waals surface area contributed by atoms with Crippen molar-refractivity contribution >= 4 is 11.6 Å². The van der Waals surface area contributed by atoms with Crippen LogP contribution in [0, 0.1) is 0 Å². The monoisotopic (exact) mass is 303 g/mol. The Hall–Kier alpha value is -1.55. The van der Waals surface area contributed by atoms with Gasteiger partial charge in [-0.15, -0.1) is 0 Å². The molecular formula is C18H29N3O. The van der Waals surface area contributed by atoms with Crippen LogP contribution in [0.4, 0.5) is 5.69 Å². The first kappa shape index (κ1) is 16.8. The van der Waals surface area contributed by atoms with Crippen LogP contribution < -0.4 is 4.90 Å². The molecule has 0 N–H and O–H groups in total. The third kappa shape index (κ3) is 3.80. The van der Waals surface area contributed by atoms with Gasteiger partial charge in [-0.3, -0.25) is 9.69 Å². The summed E-state index contributed by atoms with van der Waals surface area (Å²) in [7, 11) is 4.11. The molecule has 0 saturated carbocycles. The van der Waals surface area contributed by atoms with Crippen LogP contribution in [0.3, 0.4) is 0 Å². The SMILES string of the molecule is CCN(CC)CC(=O)N1CCC[C@@H]1c1cccc(N(C)C)c1. The van der Waals surface area contributed by atoms with E-state index in [1.165, 1.54) is 11.3 Å². The van der Waals surface area contributed by atoms with E-state index in [0.717, 1.165) is 32.5 Å². The van der Waals surface area contributed by atoms with Gasteiger partial charge in [0.2, 0.25) is 5.91 Å². The van der Waals surface area contributed by atoms with Crippen LogP contribution in [0.5, 0.6) is 0 Å². The van der Waals surface area contributed by atoms with Crippen molar-refractivity contribution in [3.8, 4) is 0 Å². The number of likely N-dealkylation sites (N-methyl/N-ethyl adjacent to an activating group) is 1. The predicted octanol–water partition coefficient (Wildman–Crippen LogP) is 2.76. The summed E-state index contributed by atoms with van der Waals surface area (Å²) in [6.07, 6.45) is 2.17. The maximum absolute atomic E-state index is 12.6. The summed E-state index contributed by atoms with van der Waals surface area (Å²) in [5, 5.41) is 0. The first-order chi connectivity index (χ1) is 10.6. The number of hydrogen-bond acceptors (Lipinski definition) is 3.